The first-order chi connectivity index (χ1) is 9.49. The van der Waals surface area contributed by atoms with Gasteiger partial charge in [0.2, 0.25) is 5.88 Å². The largest absolute Gasteiger partial charge is 0.481 e. The summed E-state index contributed by atoms with van der Waals surface area (Å²) >= 11 is 0. The zero-order chi connectivity index (χ0) is 14.6. The maximum Gasteiger partial charge on any atom is 0.213 e. The Morgan fingerprint density at radius 2 is 1.75 bits per heavy atom. The number of hydrogen-bond acceptors (Lipinski definition) is 3. The molecule has 0 aliphatic heterocycles. The van der Waals surface area contributed by atoms with Crippen molar-refractivity contribution in [2.75, 3.05) is 12.4 Å². The Hall–Kier alpha value is -2.03. The third kappa shape index (κ3) is 3.73. The van der Waals surface area contributed by atoms with Gasteiger partial charge in [-0.2, -0.15) is 0 Å². The molecule has 0 radical (unpaired) electrons. The van der Waals surface area contributed by atoms with Crippen LogP contribution in [0.4, 0.5) is 5.69 Å². The Morgan fingerprint density at radius 1 is 1.05 bits per heavy atom. The number of rotatable bonds is 4. The van der Waals surface area contributed by atoms with Gasteiger partial charge in [-0.3, -0.25) is 0 Å². The molecule has 0 atom stereocenters. The van der Waals surface area contributed by atoms with Crippen molar-refractivity contribution in [3.8, 4) is 5.88 Å². The normalized spacial score (nSPS) is 11.2. The zero-order valence-corrected chi connectivity index (χ0v) is 12.6. The summed E-state index contributed by atoms with van der Waals surface area (Å²) in [6.45, 7) is 7.34. The Kier molecular flexibility index (Phi) is 4.28. The average Bonchev–Trinajstić information content (AvgIpc) is 2.45. The van der Waals surface area contributed by atoms with Crippen LogP contribution >= 0.6 is 0 Å². The Morgan fingerprint density at radius 3 is 2.35 bits per heavy atom. The molecule has 20 heavy (non-hydrogen) atoms. The second-order valence-corrected chi connectivity index (χ2v) is 5.85. The molecule has 106 valence electrons. The molecule has 1 aromatic heterocycles. The average molecular weight is 270 g/mol. The van der Waals surface area contributed by atoms with Gasteiger partial charge in [0.15, 0.2) is 0 Å². The highest BCUT2D eigenvalue weighted by molar-refractivity contribution is 5.46. The van der Waals surface area contributed by atoms with E-state index in [1.807, 2.05) is 18.2 Å². The zero-order valence-electron chi connectivity index (χ0n) is 12.6. The molecule has 0 aliphatic carbocycles. The van der Waals surface area contributed by atoms with Crippen molar-refractivity contribution in [1.82, 2.24) is 4.98 Å². The van der Waals surface area contributed by atoms with Crippen LogP contribution in [0.2, 0.25) is 0 Å². The molecular formula is C17H22N2O. The SMILES string of the molecule is COc1cccc(CNc2ccc(C(C)(C)C)cc2)n1. The lowest BCUT2D eigenvalue weighted by Gasteiger charge is -2.19. The molecule has 2 aromatic rings. The Bertz CT molecular complexity index is 556. The van der Waals surface area contributed by atoms with Crippen molar-refractivity contribution in [2.24, 2.45) is 0 Å². The van der Waals surface area contributed by atoms with Gasteiger partial charge in [-0.25, -0.2) is 4.98 Å². The first-order valence-electron chi connectivity index (χ1n) is 6.83. The smallest absolute Gasteiger partial charge is 0.213 e. The Balaban J connectivity index is 2.00. The van der Waals surface area contributed by atoms with Crippen LogP contribution in [-0.4, -0.2) is 12.1 Å². The lowest BCUT2D eigenvalue weighted by molar-refractivity contribution is 0.396. The van der Waals surface area contributed by atoms with Crippen LogP contribution in [0.25, 0.3) is 0 Å². The molecule has 2 rings (SSSR count). The predicted molar refractivity (Wildman–Crippen MR) is 83.3 cm³/mol. The molecule has 0 unspecified atom stereocenters. The summed E-state index contributed by atoms with van der Waals surface area (Å²) in [5.74, 6) is 0.646. The second kappa shape index (κ2) is 5.95. The molecule has 0 bridgehead atoms. The van der Waals surface area contributed by atoms with E-state index >= 15 is 0 Å². The quantitative estimate of drug-likeness (QED) is 0.911. The van der Waals surface area contributed by atoms with Crippen molar-refractivity contribution < 1.29 is 4.74 Å². The molecule has 1 N–H and O–H groups in total. The van der Waals surface area contributed by atoms with Crippen molar-refractivity contribution in [2.45, 2.75) is 32.7 Å². The number of aromatic nitrogens is 1. The molecule has 0 saturated heterocycles. The van der Waals surface area contributed by atoms with Gasteiger partial charge in [0, 0.05) is 11.8 Å². The van der Waals surface area contributed by atoms with Gasteiger partial charge in [0.05, 0.1) is 19.3 Å². The number of nitrogens with one attached hydrogen (secondary N) is 1. The summed E-state index contributed by atoms with van der Waals surface area (Å²) < 4.78 is 5.12. The maximum atomic E-state index is 5.12. The molecule has 3 nitrogen and oxygen atoms in total. The molecule has 3 heteroatoms. The molecule has 0 saturated carbocycles. The minimum Gasteiger partial charge on any atom is -0.481 e. The van der Waals surface area contributed by atoms with E-state index in [1.165, 1.54) is 5.56 Å². The van der Waals surface area contributed by atoms with Gasteiger partial charge >= 0.3 is 0 Å². The number of ether oxygens (including phenoxy) is 1. The number of anilines is 1. The van der Waals surface area contributed by atoms with Gasteiger partial charge in [-0.05, 0) is 29.2 Å². The summed E-state index contributed by atoms with van der Waals surface area (Å²) in [6.07, 6.45) is 0. The van der Waals surface area contributed by atoms with E-state index in [0.717, 1.165) is 11.4 Å². The lowest BCUT2D eigenvalue weighted by atomic mass is 9.87. The number of methoxy groups -OCH3 is 1. The Labute approximate surface area is 121 Å². The van der Waals surface area contributed by atoms with Crippen LogP contribution in [0.1, 0.15) is 32.0 Å². The standard InChI is InChI=1S/C17H22N2O/c1-17(2,3)13-8-10-14(11-9-13)18-12-15-6-5-7-16(19-15)20-4/h5-11,18H,12H2,1-4H3. The monoisotopic (exact) mass is 270 g/mol. The van der Waals surface area contributed by atoms with E-state index < -0.39 is 0 Å². The van der Waals surface area contributed by atoms with E-state index in [2.05, 4.69) is 55.3 Å². The van der Waals surface area contributed by atoms with Crippen molar-refractivity contribution in [1.29, 1.82) is 0 Å². The minimum atomic E-state index is 0.187. The molecular weight excluding hydrogens is 248 g/mol. The molecule has 0 aliphatic rings. The van der Waals surface area contributed by atoms with Crippen LogP contribution in [0.3, 0.4) is 0 Å². The molecule has 0 fully saturated rings. The van der Waals surface area contributed by atoms with Gasteiger partial charge in [-0.1, -0.05) is 39.0 Å². The van der Waals surface area contributed by atoms with Gasteiger partial charge in [-0.15, -0.1) is 0 Å². The fourth-order valence-electron chi connectivity index (χ4n) is 1.95. The highest BCUT2D eigenvalue weighted by Gasteiger charge is 2.12. The van der Waals surface area contributed by atoms with Crippen molar-refractivity contribution in [3.05, 3.63) is 53.7 Å². The fraction of sp³-hybridized carbons (Fsp3) is 0.353. The summed E-state index contributed by atoms with van der Waals surface area (Å²) in [5, 5.41) is 3.37. The molecule has 0 spiro atoms. The number of pyridine rings is 1. The van der Waals surface area contributed by atoms with Crippen LogP contribution in [0.15, 0.2) is 42.5 Å². The van der Waals surface area contributed by atoms with Crippen LogP contribution in [0.5, 0.6) is 5.88 Å². The van der Waals surface area contributed by atoms with Crippen LogP contribution in [-0.2, 0) is 12.0 Å². The number of benzene rings is 1. The number of nitrogens with zero attached hydrogens (tertiary/aromatic N) is 1. The molecule has 0 amide bonds. The van der Waals surface area contributed by atoms with Crippen LogP contribution < -0.4 is 10.1 Å². The lowest BCUT2D eigenvalue weighted by Crippen LogP contribution is -2.10. The van der Waals surface area contributed by atoms with Gasteiger partial charge < -0.3 is 10.1 Å². The van der Waals surface area contributed by atoms with E-state index in [1.54, 1.807) is 7.11 Å². The van der Waals surface area contributed by atoms with Gasteiger partial charge in [0.25, 0.3) is 0 Å². The summed E-state index contributed by atoms with van der Waals surface area (Å²) in [4.78, 5) is 4.38. The van der Waals surface area contributed by atoms with Crippen molar-refractivity contribution in [3.63, 3.8) is 0 Å². The number of hydrogen-bond donors (Lipinski definition) is 1. The summed E-state index contributed by atoms with van der Waals surface area (Å²) in [7, 11) is 1.63. The third-order valence-corrected chi connectivity index (χ3v) is 3.21. The van der Waals surface area contributed by atoms with E-state index in [4.69, 9.17) is 4.74 Å². The fourth-order valence-corrected chi connectivity index (χ4v) is 1.95. The molecule has 1 aromatic carbocycles. The second-order valence-electron chi connectivity index (χ2n) is 5.85. The van der Waals surface area contributed by atoms with Gasteiger partial charge in [0.1, 0.15) is 0 Å². The predicted octanol–water partition coefficient (Wildman–Crippen LogP) is 4.00. The summed E-state index contributed by atoms with van der Waals surface area (Å²) in [6, 6.07) is 14.3. The third-order valence-electron chi connectivity index (χ3n) is 3.21. The first kappa shape index (κ1) is 14.4. The topological polar surface area (TPSA) is 34.1 Å². The van der Waals surface area contributed by atoms with E-state index in [9.17, 15) is 0 Å². The maximum absolute atomic E-state index is 5.12. The highest BCUT2D eigenvalue weighted by atomic mass is 16.5. The highest BCUT2D eigenvalue weighted by Crippen LogP contribution is 2.23. The first-order valence-corrected chi connectivity index (χ1v) is 6.83. The van der Waals surface area contributed by atoms with Crippen molar-refractivity contribution >= 4 is 5.69 Å². The summed E-state index contributed by atoms with van der Waals surface area (Å²) in [5.41, 5.74) is 3.58. The van der Waals surface area contributed by atoms with E-state index in [-0.39, 0.29) is 5.41 Å². The minimum absolute atomic E-state index is 0.187. The van der Waals surface area contributed by atoms with Crippen LogP contribution in [0, 0.1) is 0 Å². The molecule has 1 heterocycles. The van der Waals surface area contributed by atoms with E-state index in [0.29, 0.717) is 12.4 Å².